The molecule has 0 bridgehead atoms. The summed E-state index contributed by atoms with van der Waals surface area (Å²) in [5, 5.41) is 2.95. The van der Waals surface area contributed by atoms with Crippen molar-refractivity contribution in [3.8, 4) is 0 Å². The molecule has 0 atom stereocenters. The standard InChI is InChI=1S/C14H8BrClN2O3/c15-12-5-4-10(21-12)7-11-13(19)18(14(20)17-11)9-3-1-2-8(16)6-9/h1-7H,(H,17,20)/b11-7+. The number of carbonyl (C=O) groups excluding carboxylic acids is 2. The number of rotatable bonds is 2. The SMILES string of the molecule is O=C1N/C(=C/c2ccc(Br)o2)C(=O)N1c1cccc(Cl)c1. The molecule has 1 fully saturated rings. The van der Waals surface area contributed by atoms with Crippen LogP contribution in [0, 0.1) is 0 Å². The number of amides is 3. The maximum absolute atomic E-state index is 12.3. The van der Waals surface area contributed by atoms with Crippen LogP contribution in [0.1, 0.15) is 5.76 Å². The minimum Gasteiger partial charge on any atom is -0.450 e. The third-order valence-electron chi connectivity index (χ3n) is 2.83. The molecule has 106 valence electrons. The summed E-state index contributed by atoms with van der Waals surface area (Å²) in [7, 11) is 0. The fourth-order valence-corrected chi connectivity index (χ4v) is 2.44. The summed E-state index contributed by atoms with van der Waals surface area (Å²) in [5.41, 5.74) is 0.552. The summed E-state index contributed by atoms with van der Waals surface area (Å²) in [6.07, 6.45) is 1.47. The molecule has 2 aromatic rings. The second-order valence-corrected chi connectivity index (χ2v) is 5.47. The Morgan fingerprint density at radius 1 is 1.24 bits per heavy atom. The summed E-state index contributed by atoms with van der Waals surface area (Å²) >= 11 is 9.05. The molecule has 2 heterocycles. The van der Waals surface area contributed by atoms with Gasteiger partial charge in [0.15, 0.2) is 4.67 Å². The first-order valence-corrected chi connectivity index (χ1v) is 7.10. The van der Waals surface area contributed by atoms with Crippen LogP contribution in [0.4, 0.5) is 10.5 Å². The number of halogens is 2. The first kappa shape index (κ1) is 13.9. The van der Waals surface area contributed by atoms with Gasteiger partial charge in [0.1, 0.15) is 11.5 Å². The van der Waals surface area contributed by atoms with Gasteiger partial charge in [-0.2, -0.15) is 0 Å². The minimum atomic E-state index is -0.529. The van der Waals surface area contributed by atoms with Crippen molar-refractivity contribution in [1.29, 1.82) is 0 Å². The van der Waals surface area contributed by atoms with E-state index in [1.54, 1.807) is 36.4 Å². The van der Waals surface area contributed by atoms with Crippen LogP contribution in [0.3, 0.4) is 0 Å². The number of nitrogens with zero attached hydrogens (tertiary/aromatic N) is 1. The van der Waals surface area contributed by atoms with Crippen LogP contribution in [0.25, 0.3) is 6.08 Å². The van der Waals surface area contributed by atoms with Gasteiger partial charge in [-0.3, -0.25) is 4.79 Å². The van der Waals surface area contributed by atoms with E-state index in [0.717, 1.165) is 4.90 Å². The van der Waals surface area contributed by atoms with E-state index in [1.807, 2.05) is 0 Å². The molecule has 0 radical (unpaired) electrons. The van der Waals surface area contributed by atoms with Crippen LogP contribution < -0.4 is 10.2 Å². The molecular weight excluding hydrogens is 360 g/mol. The van der Waals surface area contributed by atoms with E-state index < -0.39 is 11.9 Å². The maximum atomic E-state index is 12.3. The van der Waals surface area contributed by atoms with Gasteiger partial charge in [-0.1, -0.05) is 17.7 Å². The Bertz CT molecular complexity index is 769. The third kappa shape index (κ3) is 2.72. The molecule has 1 N–H and O–H groups in total. The Kier molecular flexibility index (Phi) is 3.57. The number of imide groups is 1. The summed E-state index contributed by atoms with van der Waals surface area (Å²) in [4.78, 5) is 25.3. The maximum Gasteiger partial charge on any atom is 0.333 e. The Morgan fingerprint density at radius 2 is 2.05 bits per heavy atom. The average Bonchev–Trinajstić information content (AvgIpc) is 2.94. The van der Waals surface area contributed by atoms with Crippen molar-refractivity contribution < 1.29 is 14.0 Å². The molecule has 7 heteroatoms. The number of anilines is 1. The monoisotopic (exact) mass is 366 g/mol. The predicted octanol–water partition coefficient (Wildman–Crippen LogP) is 3.79. The largest absolute Gasteiger partial charge is 0.450 e. The topological polar surface area (TPSA) is 62.6 Å². The Labute approximate surface area is 133 Å². The van der Waals surface area contributed by atoms with Gasteiger partial charge in [-0.05, 0) is 46.3 Å². The van der Waals surface area contributed by atoms with Crippen LogP contribution in [0.5, 0.6) is 0 Å². The zero-order valence-electron chi connectivity index (χ0n) is 10.5. The molecule has 1 aliphatic heterocycles. The Morgan fingerprint density at radius 3 is 2.71 bits per heavy atom. The molecular formula is C14H8BrClN2O3. The number of hydrogen-bond donors (Lipinski definition) is 1. The molecule has 0 aliphatic carbocycles. The number of benzene rings is 1. The van der Waals surface area contributed by atoms with Gasteiger partial charge in [-0.15, -0.1) is 0 Å². The summed E-state index contributed by atoms with van der Waals surface area (Å²) in [6, 6.07) is 9.37. The zero-order chi connectivity index (χ0) is 15.0. The number of furan rings is 1. The minimum absolute atomic E-state index is 0.141. The highest BCUT2D eigenvalue weighted by Gasteiger charge is 2.35. The first-order chi connectivity index (χ1) is 10.0. The highest BCUT2D eigenvalue weighted by atomic mass is 79.9. The summed E-state index contributed by atoms with van der Waals surface area (Å²) < 4.78 is 5.83. The third-order valence-corrected chi connectivity index (χ3v) is 3.49. The van der Waals surface area contributed by atoms with E-state index in [4.69, 9.17) is 16.0 Å². The zero-order valence-corrected chi connectivity index (χ0v) is 12.8. The summed E-state index contributed by atoms with van der Waals surface area (Å²) in [6.45, 7) is 0. The lowest BCUT2D eigenvalue weighted by atomic mass is 10.3. The molecule has 1 saturated heterocycles. The normalized spacial score (nSPS) is 16.7. The second-order valence-electron chi connectivity index (χ2n) is 4.25. The van der Waals surface area contributed by atoms with Gasteiger partial charge in [0.2, 0.25) is 0 Å². The molecule has 3 amide bonds. The van der Waals surface area contributed by atoms with Crippen molar-refractivity contribution in [3.05, 3.63) is 57.5 Å². The molecule has 21 heavy (non-hydrogen) atoms. The fourth-order valence-electron chi connectivity index (χ4n) is 1.93. The number of nitrogens with one attached hydrogen (secondary N) is 1. The van der Waals surface area contributed by atoms with E-state index in [2.05, 4.69) is 21.2 Å². The molecule has 3 rings (SSSR count). The molecule has 0 spiro atoms. The highest BCUT2D eigenvalue weighted by Crippen LogP contribution is 2.25. The summed E-state index contributed by atoms with van der Waals surface area (Å²) in [5.74, 6) is -0.00624. The fraction of sp³-hybridized carbons (Fsp3) is 0. The van der Waals surface area contributed by atoms with Crippen LogP contribution >= 0.6 is 27.5 Å². The van der Waals surface area contributed by atoms with Gasteiger partial charge >= 0.3 is 6.03 Å². The quantitative estimate of drug-likeness (QED) is 0.649. The van der Waals surface area contributed by atoms with E-state index >= 15 is 0 Å². The van der Waals surface area contributed by atoms with E-state index in [-0.39, 0.29) is 5.70 Å². The van der Waals surface area contributed by atoms with Crippen LogP contribution in [0.15, 0.2) is 51.2 Å². The van der Waals surface area contributed by atoms with Gasteiger partial charge < -0.3 is 9.73 Å². The molecule has 0 unspecified atom stereocenters. The lowest BCUT2D eigenvalue weighted by Gasteiger charge is -2.11. The van der Waals surface area contributed by atoms with Gasteiger partial charge in [0.05, 0.1) is 5.69 Å². The molecule has 5 nitrogen and oxygen atoms in total. The second kappa shape index (κ2) is 5.38. The molecule has 1 aromatic heterocycles. The van der Waals surface area contributed by atoms with Crippen molar-refractivity contribution in [2.45, 2.75) is 0 Å². The lowest BCUT2D eigenvalue weighted by molar-refractivity contribution is -0.113. The Hall–Kier alpha value is -2.05. The van der Waals surface area contributed by atoms with Crippen molar-refractivity contribution in [2.75, 3.05) is 4.90 Å². The highest BCUT2D eigenvalue weighted by molar-refractivity contribution is 9.10. The number of carbonyl (C=O) groups is 2. The van der Waals surface area contributed by atoms with Gasteiger partial charge in [0.25, 0.3) is 5.91 Å². The number of urea groups is 1. The predicted molar refractivity (Wildman–Crippen MR) is 81.9 cm³/mol. The van der Waals surface area contributed by atoms with Crippen molar-refractivity contribution in [3.63, 3.8) is 0 Å². The van der Waals surface area contributed by atoms with Crippen LogP contribution in [-0.2, 0) is 4.79 Å². The van der Waals surface area contributed by atoms with Crippen LogP contribution in [0.2, 0.25) is 5.02 Å². The van der Waals surface area contributed by atoms with E-state index in [9.17, 15) is 9.59 Å². The lowest BCUT2D eigenvalue weighted by Crippen LogP contribution is -2.30. The van der Waals surface area contributed by atoms with Crippen molar-refractivity contribution >= 4 is 51.2 Å². The molecule has 1 aromatic carbocycles. The molecule has 1 aliphatic rings. The average molecular weight is 368 g/mol. The first-order valence-electron chi connectivity index (χ1n) is 5.92. The van der Waals surface area contributed by atoms with E-state index in [0.29, 0.717) is 21.1 Å². The Balaban J connectivity index is 1.94. The van der Waals surface area contributed by atoms with Crippen molar-refractivity contribution in [2.24, 2.45) is 0 Å². The van der Waals surface area contributed by atoms with Gasteiger partial charge in [0, 0.05) is 11.1 Å². The smallest absolute Gasteiger partial charge is 0.333 e. The van der Waals surface area contributed by atoms with Gasteiger partial charge in [-0.25, -0.2) is 9.69 Å². The van der Waals surface area contributed by atoms with Crippen molar-refractivity contribution in [1.82, 2.24) is 5.32 Å². The van der Waals surface area contributed by atoms with E-state index in [1.165, 1.54) is 6.08 Å². The number of hydrogen-bond acceptors (Lipinski definition) is 3. The molecule has 0 saturated carbocycles. The van der Waals surface area contributed by atoms with Crippen LogP contribution in [-0.4, -0.2) is 11.9 Å².